The summed E-state index contributed by atoms with van der Waals surface area (Å²) in [7, 11) is 0. The maximum atomic E-state index is 13.3. The van der Waals surface area contributed by atoms with Crippen molar-refractivity contribution in [2.24, 2.45) is 0 Å². The van der Waals surface area contributed by atoms with Crippen LogP contribution in [0, 0.1) is 0 Å². The first kappa shape index (κ1) is 27.1. The average molecular weight is 499 g/mol. The van der Waals surface area contributed by atoms with Crippen molar-refractivity contribution in [3.05, 3.63) is 46.1 Å². The second kappa shape index (κ2) is 14.2. The van der Waals surface area contributed by atoms with E-state index in [0.29, 0.717) is 39.9 Å². The summed E-state index contributed by atoms with van der Waals surface area (Å²) in [4.78, 5) is 26.3. The van der Waals surface area contributed by atoms with E-state index in [1.807, 2.05) is 12.3 Å². The van der Waals surface area contributed by atoms with Gasteiger partial charge in [-0.25, -0.2) is 4.79 Å². The van der Waals surface area contributed by atoms with Crippen molar-refractivity contribution in [3.63, 3.8) is 0 Å². The zero-order valence-electron chi connectivity index (χ0n) is 21.3. The lowest BCUT2D eigenvalue weighted by atomic mass is 10.1. The number of carbonyl (C=O) groups is 1. The smallest absolute Gasteiger partial charge is 0.338 e. The molecule has 0 aliphatic rings. The standard InChI is InChI=1S/C29H38O5S/c1-4-6-7-8-9-10-11-12-13-14-17-33-22-19-24-27(30)23-18-21(29(31)32-5-2)15-16-25(23)34-28(24)26(20-22)35-3/h15-16,18-20H,4-14,17H2,1-3H3. The number of carbonyl (C=O) groups excluding carboxylic acids is 1. The molecule has 0 radical (unpaired) electrons. The van der Waals surface area contributed by atoms with Gasteiger partial charge in [-0.05, 0) is 49.9 Å². The second-order valence-electron chi connectivity index (χ2n) is 8.90. The van der Waals surface area contributed by atoms with E-state index >= 15 is 0 Å². The molecule has 0 amide bonds. The van der Waals surface area contributed by atoms with Crippen LogP contribution in [-0.4, -0.2) is 25.4 Å². The van der Waals surface area contributed by atoms with Crippen LogP contribution in [0.1, 0.15) is 88.4 Å². The van der Waals surface area contributed by atoms with Crippen molar-refractivity contribution in [2.45, 2.75) is 83.0 Å². The summed E-state index contributed by atoms with van der Waals surface area (Å²) in [5, 5.41) is 0.824. The largest absolute Gasteiger partial charge is 0.494 e. The topological polar surface area (TPSA) is 65.7 Å². The molecule has 0 atom stereocenters. The lowest BCUT2D eigenvalue weighted by Crippen LogP contribution is -2.08. The molecule has 0 fully saturated rings. The third kappa shape index (κ3) is 7.50. The molecular formula is C29H38O5S. The zero-order chi connectivity index (χ0) is 25.0. The Morgan fingerprint density at radius 1 is 0.886 bits per heavy atom. The van der Waals surface area contributed by atoms with Crippen LogP contribution in [0.25, 0.3) is 21.9 Å². The normalized spacial score (nSPS) is 11.3. The number of hydrogen-bond acceptors (Lipinski definition) is 6. The van der Waals surface area contributed by atoms with Crippen molar-refractivity contribution in [1.82, 2.24) is 0 Å². The maximum Gasteiger partial charge on any atom is 0.338 e. The SMILES string of the molecule is CCCCCCCCCCCCOc1cc(SC)c2oc3ccc(C(=O)OCC)cc3c(=O)c2c1. The Hall–Kier alpha value is -2.47. The number of esters is 1. The molecule has 0 N–H and O–H groups in total. The van der Waals surface area contributed by atoms with Gasteiger partial charge in [0.1, 0.15) is 11.3 Å². The molecule has 0 unspecified atom stereocenters. The highest BCUT2D eigenvalue weighted by Gasteiger charge is 2.16. The molecule has 1 heterocycles. The number of benzene rings is 2. The van der Waals surface area contributed by atoms with Gasteiger partial charge in [-0.3, -0.25) is 4.79 Å². The minimum atomic E-state index is -0.452. The van der Waals surface area contributed by atoms with Gasteiger partial charge in [0, 0.05) is 0 Å². The molecule has 3 aromatic rings. The van der Waals surface area contributed by atoms with Crippen LogP contribution in [0.4, 0.5) is 0 Å². The molecule has 6 heteroatoms. The van der Waals surface area contributed by atoms with Gasteiger partial charge in [0.15, 0.2) is 5.58 Å². The fourth-order valence-electron chi connectivity index (χ4n) is 4.26. The van der Waals surface area contributed by atoms with E-state index in [4.69, 9.17) is 13.9 Å². The lowest BCUT2D eigenvalue weighted by molar-refractivity contribution is 0.0526. The number of fused-ring (bicyclic) bond motifs is 2. The summed E-state index contributed by atoms with van der Waals surface area (Å²) in [6, 6.07) is 8.52. The Morgan fingerprint density at radius 3 is 2.23 bits per heavy atom. The van der Waals surface area contributed by atoms with Crippen LogP contribution < -0.4 is 10.2 Å². The van der Waals surface area contributed by atoms with Crippen LogP contribution in [0.3, 0.4) is 0 Å². The lowest BCUT2D eigenvalue weighted by Gasteiger charge is -2.11. The first-order valence-corrected chi connectivity index (χ1v) is 14.2. The summed E-state index contributed by atoms with van der Waals surface area (Å²) in [6.07, 6.45) is 14.7. The number of hydrogen-bond donors (Lipinski definition) is 0. The predicted octanol–water partition coefficient (Wildman–Crippen LogP) is 8.14. The van der Waals surface area contributed by atoms with Gasteiger partial charge < -0.3 is 13.9 Å². The molecule has 0 bridgehead atoms. The Kier molecular flexibility index (Phi) is 11.0. The van der Waals surface area contributed by atoms with Crippen molar-refractivity contribution < 1.29 is 18.7 Å². The molecular weight excluding hydrogens is 460 g/mol. The molecule has 35 heavy (non-hydrogen) atoms. The van der Waals surface area contributed by atoms with E-state index < -0.39 is 5.97 Å². The van der Waals surface area contributed by atoms with E-state index in [9.17, 15) is 9.59 Å². The summed E-state index contributed by atoms with van der Waals surface area (Å²) in [5.74, 6) is 0.221. The molecule has 0 spiro atoms. The molecule has 0 saturated heterocycles. The minimum Gasteiger partial charge on any atom is -0.494 e. The quantitative estimate of drug-likeness (QED) is 0.0911. The maximum absolute atomic E-state index is 13.3. The molecule has 1 aromatic heterocycles. The zero-order valence-corrected chi connectivity index (χ0v) is 22.1. The van der Waals surface area contributed by atoms with Gasteiger partial charge in [0.05, 0.1) is 34.4 Å². The van der Waals surface area contributed by atoms with Crippen molar-refractivity contribution >= 4 is 39.7 Å². The third-order valence-electron chi connectivity index (χ3n) is 6.21. The fourth-order valence-corrected chi connectivity index (χ4v) is 4.83. The third-order valence-corrected chi connectivity index (χ3v) is 6.95. The molecule has 190 valence electrons. The highest BCUT2D eigenvalue weighted by molar-refractivity contribution is 7.98. The van der Waals surface area contributed by atoms with Crippen LogP contribution >= 0.6 is 11.8 Å². The monoisotopic (exact) mass is 498 g/mol. The van der Waals surface area contributed by atoms with E-state index in [2.05, 4.69) is 6.92 Å². The van der Waals surface area contributed by atoms with E-state index in [-0.39, 0.29) is 12.0 Å². The van der Waals surface area contributed by atoms with Gasteiger partial charge in [-0.1, -0.05) is 64.7 Å². The summed E-state index contributed by atoms with van der Waals surface area (Å²) < 4.78 is 17.2. The Bertz CT molecular complexity index is 1170. The Labute approximate surface area is 212 Å². The van der Waals surface area contributed by atoms with Crippen LogP contribution in [0.5, 0.6) is 5.75 Å². The van der Waals surface area contributed by atoms with Gasteiger partial charge in [0.2, 0.25) is 5.43 Å². The molecule has 0 aliphatic heterocycles. The molecule has 3 rings (SSSR count). The van der Waals surface area contributed by atoms with Crippen LogP contribution in [-0.2, 0) is 4.74 Å². The molecule has 0 saturated carbocycles. The minimum absolute atomic E-state index is 0.174. The number of unbranched alkanes of at least 4 members (excludes halogenated alkanes) is 9. The van der Waals surface area contributed by atoms with E-state index in [1.165, 1.54) is 63.1 Å². The summed E-state index contributed by atoms with van der Waals surface area (Å²) in [6.45, 7) is 4.91. The van der Waals surface area contributed by atoms with Gasteiger partial charge in [0.25, 0.3) is 0 Å². The first-order valence-electron chi connectivity index (χ1n) is 13.0. The summed E-state index contributed by atoms with van der Waals surface area (Å²) >= 11 is 1.52. The van der Waals surface area contributed by atoms with E-state index in [1.54, 1.807) is 31.2 Å². The highest BCUT2D eigenvalue weighted by atomic mass is 32.2. The number of thioether (sulfide) groups is 1. The van der Waals surface area contributed by atoms with Crippen molar-refractivity contribution in [2.75, 3.05) is 19.5 Å². The van der Waals surface area contributed by atoms with Crippen LogP contribution in [0.15, 0.2) is 44.4 Å². The molecule has 5 nitrogen and oxygen atoms in total. The van der Waals surface area contributed by atoms with Crippen molar-refractivity contribution in [3.8, 4) is 5.75 Å². The van der Waals surface area contributed by atoms with Crippen LogP contribution in [0.2, 0.25) is 0 Å². The van der Waals surface area contributed by atoms with Gasteiger partial charge >= 0.3 is 5.97 Å². The summed E-state index contributed by atoms with van der Waals surface area (Å²) in [5.41, 5.74) is 1.16. The molecule has 2 aromatic carbocycles. The fraction of sp³-hybridized carbons (Fsp3) is 0.517. The second-order valence-corrected chi connectivity index (χ2v) is 9.74. The average Bonchev–Trinajstić information content (AvgIpc) is 2.87. The Morgan fingerprint density at radius 2 is 1.57 bits per heavy atom. The number of ether oxygens (including phenoxy) is 2. The number of rotatable bonds is 15. The Balaban J connectivity index is 1.64. The van der Waals surface area contributed by atoms with Crippen molar-refractivity contribution in [1.29, 1.82) is 0 Å². The highest BCUT2D eigenvalue weighted by Crippen LogP contribution is 2.32. The van der Waals surface area contributed by atoms with Gasteiger partial charge in [-0.15, -0.1) is 11.8 Å². The van der Waals surface area contributed by atoms with E-state index in [0.717, 1.165) is 17.7 Å². The predicted molar refractivity (Wildman–Crippen MR) is 145 cm³/mol. The molecule has 0 aliphatic carbocycles. The first-order chi connectivity index (χ1) is 17.1. The van der Waals surface area contributed by atoms with Gasteiger partial charge in [-0.2, -0.15) is 0 Å².